The molecule has 1 aromatic carbocycles. The lowest BCUT2D eigenvalue weighted by atomic mass is 9.83. The summed E-state index contributed by atoms with van der Waals surface area (Å²) in [5.74, 6) is 0.476. The van der Waals surface area contributed by atoms with Crippen molar-refractivity contribution in [2.75, 3.05) is 6.61 Å². The summed E-state index contributed by atoms with van der Waals surface area (Å²) in [7, 11) is 0. The topological polar surface area (TPSA) is 87.9 Å². The maximum atomic E-state index is 11.9. The second kappa shape index (κ2) is 6.31. The van der Waals surface area contributed by atoms with Crippen LogP contribution in [0, 0.1) is 16.0 Å². The van der Waals surface area contributed by atoms with E-state index >= 15 is 0 Å². The van der Waals surface area contributed by atoms with Crippen molar-refractivity contribution in [1.29, 1.82) is 0 Å². The largest absolute Gasteiger partial charge is 0.514 e. The third-order valence-corrected chi connectivity index (χ3v) is 4.21. The average molecular weight is 307 g/mol. The van der Waals surface area contributed by atoms with Gasteiger partial charge >= 0.3 is 6.16 Å². The Morgan fingerprint density at radius 2 is 2.00 bits per heavy atom. The molecule has 1 heterocycles. The van der Waals surface area contributed by atoms with Gasteiger partial charge in [0.15, 0.2) is 0 Å². The number of non-ortho nitro benzene ring substituents is 1. The van der Waals surface area contributed by atoms with Crippen molar-refractivity contribution in [3.05, 3.63) is 34.4 Å². The van der Waals surface area contributed by atoms with Crippen molar-refractivity contribution in [2.45, 2.75) is 37.9 Å². The zero-order chi connectivity index (χ0) is 15.5. The molecule has 2 fully saturated rings. The summed E-state index contributed by atoms with van der Waals surface area (Å²) in [5.41, 5.74) is -0.0565. The quantitative estimate of drug-likeness (QED) is 0.369. The molecule has 1 aliphatic carbocycles. The lowest BCUT2D eigenvalue weighted by Gasteiger charge is -2.31. The Hall–Kier alpha value is -2.15. The van der Waals surface area contributed by atoms with Gasteiger partial charge in [-0.2, -0.15) is 0 Å². The zero-order valence-electron chi connectivity index (χ0n) is 12.0. The van der Waals surface area contributed by atoms with Gasteiger partial charge in [-0.25, -0.2) is 4.79 Å². The molecule has 1 aliphatic heterocycles. The van der Waals surface area contributed by atoms with Crippen LogP contribution in [0.1, 0.15) is 25.7 Å². The molecule has 0 unspecified atom stereocenters. The van der Waals surface area contributed by atoms with Gasteiger partial charge in [-0.15, -0.1) is 0 Å². The molecule has 118 valence electrons. The lowest BCUT2D eigenvalue weighted by molar-refractivity contribution is -0.384. The Balaban J connectivity index is 1.56. The number of nitro groups is 1. The highest BCUT2D eigenvalue weighted by Gasteiger charge is 2.40. The predicted molar refractivity (Wildman–Crippen MR) is 75.7 cm³/mol. The fourth-order valence-corrected chi connectivity index (χ4v) is 3.15. The number of carbonyl (C=O) groups excluding carboxylic acids is 1. The van der Waals surface area contributed by atoms with Crippen LogP contribution in [0.15, 0.2) is 24.3 Å². The first-order valence-electron chi connectivity index (χ1n) is 7.38. The first-order valence-corrected chi connectivity index (χ1v) is 7.38. The molecule has 0 radical (unpaired) electrons. The molecule has 0 bridgehead atoms. The van der Waals surface area contributed by atoms with Gasteiger partial charge in [0.05, 0.1) is 11.0 Å². The van der Waals surface area contributed by atoms with Crippen LogP contribution in [0.4, 0.5) is 10.5 Å². The molecule has 1 saturated carbocycles. The number of carbonyl (C=O) groups is 1. The number of nitrogens with zero attached hydrogens (tertiary/aromatic N) is 1. The first kappa shape index (κ1) is 14.8. The zero-order valence-corrected chi connectivity index (χ0v) is 12.0. The van der Waals surface area contributed by atoms with Crippen molar-refractivity contribution in [1.82, 2.24) is 0 Å². The number of nitro benzene ring substituents is 1. The van der Waals surface area contributed by atoms with Gasteiger partial charge in [0.2, 0.25) is 0 Å². The molecule has 0 amide bonds. The molecule has 7 heteroatoms. The highest BCUT2D eigenvalue weighted by molar-refractivity contribution is 5.64. The van der Waals surface area contributed by atoms with Gasteiger partial charge in [0.25, 0.3) is 5.69 Å². The number of hydrogen-bond acceptors (Lipinski definition) is 6. The van der Waals surface area contributed by atoms with Gasteiger partial charge < -0.3 is 14.2 Å². The van der Waals surface area contributed by atoms with Crippen LogP contribution in [0.2, 0.25) is 0 Å². The Kier molecular flexibility index (Phi) is 4.24. The molecule has 0 N–H and O–H groups in total. The van der Waals surface area contributed by atoms with Gasteiger partial charge in [-0.3, -0.25) is 10.1 Å². The van der Waals surface area contributed by atoms with Crippen molar-refractivity contribution in [3.8, 4) is 5.75 Å². The SMILES string of the molecule is O=C(Oc1ccc([N+](=O)[O-])cc1)O[C@H]1CCC[C@H]2OCC[C@@H]12. The molecular formula is C15H17NO6. The van der Waals surface area contributed by atoms with E-state index < -0.39 is 11.1 Å². The Bertz CT molecular complexity index is 558. The maximum absolute atomic E-state index is 11.9. The summed E-state index contributed by atoms with van der Waals surface area (Å²) in [6, 6.07) is 5.32. The Labute approximate surface area is 127 Å². The van der Waals surface area contributed by atoms with Crippen LogP contribution >= 0.6 is 0 Å². The van der Waals surface area contributed by atoms with Crippen molar-refractivity contribution in [3.63, 3.8) is 0 Å². The van der Waals surface area contributed by atoms with Gasteiger partial charge in [-0.1, -0.05) is 0 Å². The summed E-state index contributed by atoms with van der Waals surface area (Å²) >= 11 is 0. The molecular weight excluding hydrogens is 290 g/mol. The third kappa shape index (κ3) is 3.19. The molecule has 3 atom stereocenters. The van der Waals surface area contributed by atoms with E-state index in [0.29, 0.717) is 6.61 Å². The van der Waals surface area contributed by atoms with Gasteiger partial charge in [0, 0.05) is 24.7 Å². The average Bonchev–Trinajstić information content (AvgIpc) is 2.97. The van der Waals surface area contributed by atoms with Crippen LogP contribution in [0.5, 0.6) is 5.75 Å². The van der Waals surface area contributed by atoms with Crippen molar-refractivity contribution < 1.29 is 23.9 Å². The van der Waals surface area contributed by atoms with Crippen molar-refractivity contribution >= 4 is 11.8 Å². The van der Waals surface area contributed by atoms with E-state index in [1.807, 2.05) is 0 Å². The number of ether oxygens (including phenoxy) is 3. The fraction of sp³-hybridized carbons (Fsp3) is 0.533. The maximum Gasteiger partial charge on any atom is 0.514 e. The number of hydrogen-bond donors (Lipinski definition) is 0. The summed E-state index contributed by atoms with van der Waals surface area (Å²) in [6.45, 7) is 0.715. The Morgan fingerprint density at radius 3 is 2.73 bits per heavy atom. The second-order valence-electron chi connectivity index (χ2n) is 5.55. The van der Waals surface area contributed by atoms with Gasteiger partial charge in [-0.05, 0) is 37.8 Å². The monoisotopic (exact) mass is 307 g/mol. The van der Waals surface area contributed by atoms with Crippen LogP contribution in [0.25, 0.3) is 0 Å². The smallest absolute Gasteiger partial charge is 0.430 e. The lowest BCUT2D eigenvalue weighted by Crippen LogP contribution is -2.37. The second-order valence-corrected chi connectivity index (χ2v) is 5.55. The molecule has 7 nitrogen and oxygen atoms in total. The summed E-state index contributed by atoms with van der Waals surface area (Å²) in [5, 5.41) is 10.6. The normalized spacial score (nSPS) is 27.0. The molecule has 22 heavy (non-hydrogen) atoms. The minimum Gasteiger partial charge on any atom is -0.430 e. The van der Waals surface area contributed by atoms with E-state index in [4.69, 9.17) is 14.2 Å². The van der Waals surface area contributed by atoms with E-state index in [-0.39, 0.29) is 29.6 Å². The number of rotatable bonds is 3. The predicted octanol–water partition coefficient (Wildman–Crippen LogP) is 3.07. The highest BCUT2D eigenvalue weighted by atomic mass is 16.7. The Morgan fingerprint density at radius 1 is 1.23 bits per heavy atom. The van der Waals surface area contributed by atoms with E-state index in [9.17, 15) is 14.9 Å². The standard InChI is InChI=1S/C15H17NO6/c17-15(21-11-6-4-10(5-7-11)16(18)19)22-14-3-1-2-13-12(14)8-9-20-13/h4-7,12-14H,1-3,8-9H2/t12-,13-,14+/m1/s1. The van der Waals surface area contributed by atoms with E-state index in [1.165, 1.54) is 24.3 Å². The van der Waals surface area contributed by atoms with Crippen LogP contribution in [-0.4, -0.2) is 29.9 Å². The number of fused-ring (bicyclic) bond motifs is 1. The molecule has 0 spiro atoms. The minimum absolute atomic E-state index is 0.0565. The molecule has 1 aromatic rings. The number of benzene rings is 1. The van der Waals surface area contributed by atoms with E-state index in [0.717, 1.165) is 25.7 Å². The highest BCUT2D eigenvalue weighted by Crippen LogP contribution is 2.36. The third-order valence-electron chi connectivity index (χ3n) is 4.21. The van der Waals surface area contributed by atoms with Crippen LogP contribution in [0.3, 0.4) is 0 Å². The first-order chi connectivity index (χ1) is 10.6. The van der Waals surface area contributed by atoms with E-state index in [2.05, 4.69) is 0 Å². The summed E-state index contributed by atoms with van der Waals surface area (Å²) in [4.78, 5) is 21.9. The van der Waals surface area contributed by atoms with Crippen LogP contribution in [-0.2, 0) is 9.47 Å². The fourth-order valence-electron chi connectivity index (χ4n) is 3.15. The summed E-state index contributed by atoms with van der Waals surface area (Å²) in [6.07, 6.45) is 2.95. The van der Waals surface area contributed by atoms with E-state index in [1.54, 1.807) is 0 Å². The molecule has 3 rings (SSSR count). The molecule has 1 saturated heterocycles. The summed E-state index contributed by atoms with van der Waals surface area (Å²) < 4.78 is 16.1. The molecule has 2 aliphatic rings. The van der Waals surface area contributed by atoms with Gasteiger partial charge in [0.1, 0.15) is 11.9 Å². The van der Waals surface area contributed by atoms with Crippen molar-refractivity contribution in [2.24, 2.45) is 5.92 Å². The molecule has 0 aromatic heterocycles. The van der Waals surface area contributed by atoms with Crippen LogP contribution < -0.4 is 4.74 Å². The minimum atomic E-state index is -0.772.